The highest BCUT2D eigenvalue weighted by Crippen LogP contribution is 2.38. The molecule has 0 aliphatic carbocycles. The zero-order chi connectivity index (χ0) is 23.4. The zero-order valence-electron chi connectivity index (χ0n) is 19.8. The van der Waals surface area contributed by atoms with E-state index in [4.69, 9.17) is 9.47 Å². The number of aryl methyl sites for hydroxylation is 1. The summed E-state index contributed by atoms with van der Waals surface area (Å²) in [6.45, 7) is 5.55. The molecule has 0 radical (unpaired) electrons. The van der Waals surface area contributed by atoms with E-state index in [0.717, 1.165) is 59.2 Å². The molecule has 33 heavy (non-hydrogen) atoms. The number of aromatic nitrogens is 2. The lowest BCUT2D eigenvalue weighted by atomic mass is 10.0. The fourth-order valence-corrected chi connectivity index (χ4v) is 4.64. The van der Waals surface area contributed by atoms with Crippen LogP contribution in [-0.4, -0.2) is 47.9 Å². The summed E-state index contributed by atoms with van der Waals surface area (Å²) in [6, 6.07) is 16.1. The molecule has 0 saturated carbocycles. The number of hydrogen-bond acceptors (Lipinski definition) is 5. The lowest BCUT2D eigenvalue weighted by Crippen LogP contribution is -2.28. The first-order valence-electron chi connectivity index (χ1n) is 11.4. The number of hydrogen-bond donors (Lipinski definition) is 1. The summed E-state index contributed by atoms with van der Waals surface area (Å²) >= 11 is 0. The van der Waals surface area contributed by atoms with Gasteiger partial charge in [-0.1, -0.05) is 18.2 Å². The Balaban J connectivity index is 1.43. The number of nitrogens with zero attached hydrogens (tertiary/aromatic N) is 3. The summed E-state index contributed by atoms with van der Waals surface area (Å²) < 4.78 is 12.9. The summed E-state index contributed by atoms with van der Waals surface area (Å²) in [5.74, 6) is 1.67. The number of ether oxygens (including phenoxy) is 2. The van der Waals surface area contributed by atoms with Gasteiger partial charge in [-0.2, -0.15) is 5.10 Å². The van der Waals surface area contributed by atoms with Gasteiger partial charge in [-0.15, -0.1) is 0 Å². The molecule has 1 amide bonds. The van der Waals surface area contributed by atoms with E-state index in [1.165, 1.54) is 0 Å². The van der Waals surface area contributed by atoms with Gasteiger partial charge in [0, 0.05) is 24.6 Å². The van der Waals surface area contributed by atoms with Crippen molar-refractivity contribution in [3.05, 3.63) is 65.5 Å². The Morgan fingerprint density at radius 3 is 2.64 bits per heavy atom. The summed E-state index contributed by atoms with van der Waals surface area (Å²) in [5, 5.41) is 7.72. The molecule has 1 aliphatic rings. The topological polar surface area (TPSA) is 68.6 Å². The number of para-hydroxylation sites is 1. The predicted molar refractivity (Wildman–Crippen MR) is 129 cm³/mol. The maximum atomic E-state index is 12.9. The average molecular weight is 449 g/mol. The van der Waals surface area contributed by atoms with Crippen molar-refractivity contribution < 1.29 is 14.3 Å². The van der Waals surface area contributed by atoms with Crippen molar-refractivity contribution in [3.63, 3.8) is 0 Å². The van der Waals surface area contributed by atoms with Gasteiger partial charge in [0.15, 0.2) is 0 Å². The molecule has 1 N–H and O–H groups in total. The molecule has 4 rings (SSSR count). The van der Waals surface area contributed by atoms with Crippen molar-refractivity contribution in [2.75, 3.05) is 32.6 Å². The van der Waals surface area contributed by atoms with E-state index in [2.05, 4.69) is 15.3 Å². The molecular formula is C26H32N4O3. The third-order valence-electron chi connectivity index (χ3n) is 6.34. The van der Waals surface area contributed by atoms with Crippen LogP contribution in [0.1, 0.15) is 42.3 Å². The molecule has 3 aromatic rings. The summed E-state index contributed by atoms with van der Waals surface area (Å²) in [5.41, 5.74) is 4.62. The van der Waals surface area contributed by atoms with Gasteiger partial charge in [-0.25, -0.2) is 4.68 Å². The van der Waals surface area contributed by atoms with Crippen LogP contribution >= 0.6 is 0 Å². The number of carbonyl (C=O) groups is 1. The van der Waals surface area contributed by atoms with Crippen molar-refractivity contribution in [2.45, 2.75) is 39.2 Å². The first-order chi connectivity index (χ1) is 16.0. The smallest absolute Gasteiger partial charge is 0.225 e. The van der Waals surface area contributed by atoms with E-state index in [1.807, 2.05) is 67.1 Å². The van der Waals surface area contributed by atoms with Crippen molar-refractivity contribution in [2.24, 2.45) is 0 Å². The van der Waals surface area contributed by atoms with Crippen LogP contribution in [0.3, 0.4) is 0 Å². The predicted octanol–water partition coefficient (Wildman–Crippen LogP) is 4.67. The third-order valence-corrected chi connectivity index (χ3v) is 6.34. The molecule has 1 unspecified atom stereocenters. The normalized spacial score (nSPS) is 16.1. The van der Waals surface area contributed by atoms with Gasteiger partial charge in [-0.3, -0.25) is 9.69 Å². The lowest BCUT2D eigenvalue weighted by Gasteiger charge is -2.26. The molecule has 2 aromatic carbocycles. The monoisotopic (exact) mass is 448 g/mol. The SMILES string of the molecule is COc1ccc(OC)c(C2CCCN2CCC(=O)Nc2c(C)nn(-c3ccccc3)c2C)c1. The van der Waals surface area contributed by atoms with Gasteiger partial charge >= 0.3 is 0 Å². The maximum absolute atomic E-state index is 12.9. The fourth-order valence-electron chi connectivity index (χ4n) is 4.64. The van der Waals surface area contributed by atoms with Crippen molar-refractivity contribution in [1.29, 1.82) is 0 Å². The Morgan fingerprint density at radius 2 is 1.91 bits per heavy atom. The van der Waals surface area contributed by atoms with Crippen LogP contribution in [0.4, 0.5) is 5.69 Å². The number of methoxy groups -OCH3 is 2. The van der Waals surface area contributed by atoms with Crippen LogP contribution in [-0.2, 0) is 4.79 Å². The number of carbonyl (C=O) groups excluding carboxylic acids is 1. The standard InChI is InChI=1S/C26H32N4O3/c1-18-26(19(2)30(28-18)20-9-6-5-7-10-20)27-25(31)14-16-29-15-8-11-23(29)22-17-21(32-3)12-13-24(22)33-4/h5-7,9-10,12-13,17,23H,8,11,14-16H2,1-4H3,(H,27,31). The summed E-state index contributed by atoms with van der Waals surface area (Å²) in [6.07, 6.45) is 2.54. The van der Waals surface area contributed by atoms with Gasteiger partial charge < -0.3 is 14.8 Å². The second-order valence-corrected chi connectivity index (χ2v) is 8.39. The molecular weight excluding hydrogens is 416 g/mol. The minimum Gasteiger partial charge on any atom is -0.497 e. The van der Waals surface area contributed by atoms with E-state index in [0.29, 0.717) is 13.0 Å². The first kappa shape index (κ1) is 22.9. The molecule has 1 fully saturated rings. The second-order valence-electron chi connectivity index (χ2n) is 8.39. The number of anilines is 1. The van der Waals surface area contributed by atoms with Gasteiger partial charge in [0.2, 0.25) is 5.91 Å². The summed E-state index contributed by atoms with van der Waals surface area (Å²) in [7, 11) is 3.37. The molecule has 1 aliphatic heterocycles. The quantitative estimate of drug-likeness (QED) is 0.542. The molecule has 1 saturated heterocycles. The number of amides is 1. The number of nitrogens with one attached hydrogen (secondary N) is 1. The maximum Gasteiger partial charge on any atom is 0.225 e. The molecule has 2 heterocycles. The van der Waals surface area contributed by atoms with Crippen molar-refractivity contribution in [1.82, 2.24) is 14.7 Å². The fraction of sp³-hybridized carbons (Fsp3) is 0.385. The van der Waals surface area contributed by atoms with Crippen LogP contribution in [0, 0.1) is 13.8 Å². The molecule has 174 valence electrons. The Kier molecular flexibility index (Phi) is 6.99. The number of likely N-dealkylation sites (tertiary alicyclic amines) is 1. The van der Waals surface area contributed by atoms with E-state index in [9.17, 15) is 4.79 Å². The molecule has 1 aromatic heterocycles. The number of benzene rings is 2. The van der Waals surface area contributed by atoms with E-state index >= 15 is 0 Å². The Hall–Kier alpha value is -3.32. The van der Waals surface area contributed by atoms with Gasteiger partial charge in [-0.05, 0) is 63.6 Å². The van der Waals surface area contributed by atoms with Gasteiger partial charge in [0.05, 0.1) is 37.0 Å². The molecule has 1 atom stereocenters. The Bertz CT molecular complexity index is 1110. The Labute approximate surface area is 195 Å². The first-order valence-corrected chi connectivity index (χ1v) is 11.4. The van der Waals surface area contributed by atoms with E-state index < -0.39 is 0 Å². The van der Waals surface area contributed by atoms with Crippen LogP contribution in [0.25, 0.3) is 5.69 Å². The van der Waals surface area contributed by atoms with Gasteiger partial charge in [0.1, 0.15) is 11.5 Å². The average Bonchev–Trinajstić information content (AvgIpc) is 3.42. The highest BCUT2D eigenvalue weighted by atomic mass is 16.5. The van der Waals surface area contributed by atoms with Gasteiger partial charge in [0.25, 0.3) is 0 Å². The molecule has 0 spiro atoms. The highest BCUT2D eigenvalue weighted by Gasteiger charge is 2.29. The van der Waals surface area contributed by atoms with Crippen LogP contribution in [0.5, 0.6) is 11.5 Å². The zero-order valence-corrected chi connectivity index (χ0v) is 19.8. The highest BCUT2D eigenvalue weighted by molar-refractivity contribution is 5.92. The minimum atomic E-state index is -0.00271. The second kappa shape index (κ2) is 10.1. The Morgan fingerprint density at radius 1 is 1.12 bits per heavy atom. The molecule has 7 heteroatoms. The largest absolute Gasteiger partial charge is 0.497 e. The van der Waals surface area contributed by atoms with Crippen LogP contribution < -0.4 is 14.8 Å². The van der Waals surface area contributed by atoms with Crippen LogP contribution in [0.2, 0.25) is 0 Å². The molecule has 7 nitrogen and oxygen atoms in total. The third kappa shape index (κ3) is 4.88. The minimum absolute atomic E-state index is 0.00271. The lowest BCUT2D eigenvalue weighted by molar-refractivity contribution is -0.116. The van der Waals surface area contributed by atoms with E-state index in [1.54, 1.807) is 14.2 Å². The van der Waals surface area contributed by atoms with E-state index in [-0.39, 0.29) is 11.9 Å². The van der Waals surface area contributed by atoms with Crippen LogP contribution in [0.15, 0.2) is 48.5 Å². The summed E-state index contributed by atoms with van der Waals surface area (Å²) in [4.78, 5) is 15.2. The van der Waals surface area contributed by atoms with Crippen molar-refractivity contribution in [3.8, 4) is 17.2 Å². The molecule has 0 bridgehead atoms. The van der Waals surface area contributed by atoms with Crippen molar-refractivity contribution >= 4 is 11.6 Å². The number of rotatable bonds is 8.